The zero-order valence-corrected chi connectivity index (χ0v) is 8.71. The third-order valence-electron chi connectivity index (χ3n) is 1.38. The summed E-state index contributed by atoms with van der Waals surface area (Å²) in [7, 11) is 1.91. The van der Waals surface area contributed by atoms with Crippen LogP contribution in [0, 0.1) is 0 Å². The first kappa shape index (κ1) is 9.19. The molecule has 0 fully saturated rings. The molecule has 0 aromatic carbocycles. The maximum absolute atomic E-state index is 5.85. The summed E-state index contributed by atoms with van der Waals surface area (Å²) in [4.78, 5) is 1.21. The summed E-state index contributed by atoms with van der Waals surface area (Å²) in [5.74, 6) is 0. The van der Waals surface area contributed by atoms with Crippen molar-refractivity contribution in [1.82, 2.24) is 5.32 Å². The highest BCUT2D eigenvalue weighted by molar-refractivity contribution is 9.11. The van der Waals surface area contributed by atoms with E-state index >= 15 is 0 Å². The highest BCUT2D eigenvalue weighted by Crippen LogP contribution is 2.25. The van der Waals surface area contributed by atoms with Crippen molar-refractivity contribution in [3.63, 3.8) is 0 Å². The summed E-state index contributed by atoms with van der Waals surface area (Å²) in [6.45, 7) is 0.826. The Labute approximate surface area is 78.9 Å². The van der Waals surface area contributed by atoms with Crippen LogP contribution in [0.1, 0.15) is 10.9 Å². The van der Waals surface area contributed by atoms with Crippen molar-refractivity contribution in [3.8, 4) is 0 Å². The van der Waals surface area contributed by atoms with Gasteiger partial charge in [0.1, 0.15) is 0 Å². The fourth-order valence-corrected chi connectivity index (χ4v) is 2.27. The molecule has 1 aromatic rings. The Morgan fingerprint density at radius 2 is 2.45 bits per heavy atom. The Morgan fingerprint density at radius 1 is 1.73 bits per heavy atom. The molecule has 2 nitrogen and oxygen atoms in total. The summed E-state index contributed by atoms with van der Waals surface area (Å²) >= 11 is 5.08. The predicted molar refractivity (Wildman–Crippen MR) is 52.9 cm³/mol. The van der Waals surface area contributed by atoms with E-state index in [-0.39, 0.29) is 6.04 Å². The maximum Gasteiger partial charge on any atom is 0.0701 e. The fourth-order valence-electron chi connectivity index (χ4n) is 0.848. The fraction of sp³-hybridized carbons (Fsp3) is 0.429. The van der Waals surface area contributed by atoms with Gasteiger partial charge in [-0.3, -0.25) is 0 Å². The van der Waals surface area contributed by atoms with E-state index in [0.717, 1.165) is 10.3 Å². The molecule has 1 unspecified atom stereocenters. The average molecular weight is 235 g/mol. The molecule has 0 aliphatic carbocycles. The Bertz CT molecular complexity index is 224. The molecule has 0 saturated carbocycles. The van der Waals surface area contributed by atoms with Crippen molar-refractivity contribution >= 4 is 27.3 Å². The van der Waals surface area contributed by atoms with E-state index in [1.807, 2.05) is 13.1 Å². The molecule has 11 heavy (non-hydrogen) atoms. The first-order chi connectivity index (χ1) is 5.24. The second kappa shape index (κ2) is 4.21. The van der Waals surface area contributed by atoms with Crippen LogP contribution in [0.4, 0.5) is 0 Å². The van der Waals surface area contributed by atoms with Crippen LogP contribution in [0.15, 0.2) is 15.9 Å². The van der Waals surface area contributed by atoms with E-state index in [2.05, 4.69) is 27.3 Å². The van der Waals surface area contributed by atoms with E-state index in [1.165, 1.54) is 4.88 Å². The molecule has 0 bridgehead atoms. The Hall–Kier alpha value is 0.1000. The number of nitrogens with one attached hydrogen (secondary N) is 1. The lowest BCUT2D eigenvalue weighted by molar-refractivity contribution is 0.662. The molecule has 0 saturated heterocycles. The van der Waals surface area contributed by atoms with Gasteiger partial charge < -0.3 is 11.1 Å². The lowest BCUT2D eigenvalue weighted by atomic mass is 10.2. The molecule has 0 amide bonds. The van der Waals surface area contributed by atoms with Gasteiger partial charge in [0, 0.05) is 11.4 Å². The highest BCUT2D eigenvalue weighted by Gasteiger charge is 2.06. The van der Waals surface area contributed by atoms with Gasteiger partial charge in [0.25, 0.3) is 0 Å². The van der Waals surface area contributed by atoms with Crippen molar-refractivity contribution < 1.29 is 0 Å². The molecule has 0 spiro atoms. The summed E-state index contributed by atoms with van der Waals surface area (Å²) < 4.78 is 1.14. The normalized spacial score (nSPS) is 13.4. The molecule has 0 radical (unpaired) electrons. The molecule has 0 aliphatic heterocycles. The van der Waals surface area contributed by atoms with Gasteiger partial charge in [-0.25, -0.2) is 0 Å². The van der Waals surface area contributed by atoms with E-state index in [4.69, 9.17) is 5.73 Å². The standard InChI is InChI=1S/C7H11BrN2S/c1-10-4-5(9)6-2-3-7(8)11-6/h2-3,5,10H,4,9H2,1H3. The van der Waals surface area contributed by atoms with Crippen LogP contribution in [0.2, 0.25) is 0 Å². The van der Waals surface area contributed by atoms with Crippen LogP contribution in [-0.4, -0.2) is 13.6 Å². The summed E-state index contributed by atoms with van der Waals surface area (Å²) in [5.41, 5.74) is 5.85. The van der Waals surface area contributed by atoms with Gasteiger partial charge in [-0.15, -0.1) is 11.3 Å². The highest BCUT2D eigenvalue weighted by atomic mass is 79.9. The molecule has 3 N–H and O–H groups in total. The van der Waals surface area contributed by atoms with Crippen molar-refractivity contribution in [2.24, 2.45) is 5.73 Å². The average Bonchev–Trinajstić information content (AvgIpc) is 2.36. The smallest absolute Gasteiger partial charge is 0.0701 e. The van der Waals surface area contributed by atoms with Crippen LogP contribution in [0.25, 0.3) is 0 Å². The molecule has 1 heterocycles. The predicted octanol–water partition coefficient (Wildman–Crippen LogP) is 1.73. The lowest BCUT2D eigenvalue weighted by Gasteiger charge is -2.06. The zero-order chi connectivity index (χ0) is 8.27. The largest absolute Gasteiger partial charge is 0.322 e. The first-order valence-corrected chi connectivity index (χ1v) is 5.00. The third-order valence-corrected chi connectivity index (χ3v) is 3.14. The lowest BCUT2D eigenvalue weighted by Crippen LogP contribution is -2.22. The van der Waals surface area contributed by atoms with Gasteiger partial charge in [-0.1, -0.05) is 0 Å². The van der Waals surface area contributed by atoms with Gasteiger partial charge in [-0.05, 0) is 35.1 Å². The molecule has 0 aliphatic rings. The van der Waals surface area contributed by atoms with Crippen LogP contribution in [-0.2, 0) is 0 Å². The first-order valence-electron chi connectivity index (χ1n) is 3.39. The van der Waals surface area contributed by atoms with Crippen molar-refractivity contribution in [3.05, 3.63) is 20.8 Å². The van der Waals surface area contributed by atoms with Gasteiger partial charge in [0.15, 0.2) is 0 Å². The Kier molecular flexibility index (Phi) is 3.51. The molecule has 1 atom stereocenters. The SMILES string of the molecule is CNCC(N)c1ccc(Br)s1. The number of halogens is 1. The van der Waals surface area contributed by atoms with Gasteiger partial charge in [0.2, 0.25) is 0 Å². The van der Waals surface area contributed by atoms with E-state index < -0.39 is 0 Å². The van der Waals surface area contributed by atoms with Gasteiger partial charge >= 0.3 is 0 Å². The number of nitrogens with two attached hydrogens (primary N) is 1. The number of rotatable bonds is 3. The van der Waals surface area contributed by atoms with Crippen LogP contribution < -0.4 is 11.1 Å². The number of likely N-dealkylation sites (N-methyl/N-ethyl adjacent to an activating group) is 1. The molecule has 62 valence electrons. The number of hydrogen-bond donors (Lipinski definition) is 2. The Balaban J connectivity index is 2.60. The van der Waals surface area contributed by atoms with Crippen molar-refractivity contribution in [2.75, 3.05) is 13.6 Å². The minimum Gasteiger partial charge on any atom is -0.322 e. The second-order valence-corrected chi connectivity index (χ2v) is 4.80. The zero-order valence-electron chi connectivity index (χ0n) is 6.30. The summed E-state index contributed by atoms with van der Waals surface area (Å²) in [6, 6.07) is 4.20. The molecule has 1 aromatic heterocycles. The van der Waals surface area contributed by atoms with Crippen LogP contribution >= 0.6 is 27.3 Å². The summed E-state index contributed by atoms with van der Waals surface area (Å²) in [5, 5.41) is 3.04. The summed E-state index contributed by atoms with van der Waals surface area (Å²) in [6.07, 6.45) is 0. The van der Waals surface area contributed by atoms with Crippen LogP contribution in [0.3, 0.4) is 0 Å². The van der Waals surface area contributed by atoms with Gasteiger partial charge in [0.05, 0.1) is 9.83 Å². The topological polar surface area (TPSA) is 38.0 Å². The van der Waals surface area contributed by atoms with Crippen molar-refractivity contribution in [2.45, 2.75) is 6.04 Å². The number of thiophene rings is 1. The van der Waals surface area contributed by atoms with E-state index in [0.29, 0.717) is 0 Å². The maximum atomic E-state index is 5.85. The molecular formula is C7H11BrN2S. The number of hydrogen-bond acceptors (Lipinski definition) is 3. The minimum absolute atomic E-state index is 0.122. The Morgan fingerprint density at radius 3 is 2.91 bits per heavy atom. The second-order valence-electron chi connectivity index (χ2n) is 2.31. The quantitative estimate of drug-likeness (QED) is 0.837. The van der Waals surface area contributed by atoms with E-state index in [9.17, 15) is 0 Å². The van der Waals surface area contributed by atoms with E-state index in [1.54, 1.807) is 11.3 Å². The van der Waals surface area contributed by atoms with Crippen LogP contribution in [0.5, 0.6) is 0 Å². The molecule has 1 rings (SSSR count). The monoisotopic (exact) mass is 234 g/mol. The minimum atomic E-state index is 0.122. The van der Waals surface area contributed by atoms with Gasteiger partial charge in [-0.2, -0.15) is 0 Å². The van der Waals surface area contributed by atoms with Crippen molar-refractivity contribution in [1.29, 1.82) is 0 Å². The molecule has 4 heteroatoms. The molecular weight excluding hydrogens is 224 g/mol. The third kappa shape index (κ3) is 2.56.